The molecule has 1 aliphatic heterocycles. The molecular weight excluding hydrogens is 192 g/mol. The fourth-order valence-corrected chi connectivity index (χ4v) is 3.91. The summed E-state index contributed by atoms with van der Waals surface area (Å²) < 4.78 is 21.9. The Labute approximate surface area is 77.9 Å². The standard InChI is InChI=1S/C8H14O4S/c1-6(7(2)10)8(3-9)4-13(11,12)5-8/h3,6-7,10H,4-5H2,1-2H3. The van der Waals surface area contributed by atoms with Crippen molar-refractivity contribution in [3.8, 4) is 0 Å². The van der Waals surface area contributed by atoms with E-state index in [1.165, 1.54) is 0 Å². The van der Waals surface area contributed by atoms with E-state index in [-0.39, 0.29) is 17.4 Å². The summed E-state index contributed by atoms with van der Waals surface area (Å²) in [6, 6.07) is 0. The third-order valence-electron chi connectivity index (χ3n) is 2.84. The zero-order valence-corrected chi connectivity index (χ0v) is 8.54. The summed E-state index contributed by atoms with van der Waals surface area (Å²) in [6.45, 7) is 3.27. The number of sulfone groups is 1. The Morgan fingerprint density at radius 2 is 1.85 bits per heavy atom. The van der Waals surface area contributed by atoms with E-state index in [9.17, 15) is 18.3 Å². The molecule has 1 N–H and O–H groups in total. The molecule has 0 amide bonds. The van der Waals surface area contributed by atoms with E-state index in [0.29, 0.717) is 6.29 Å². The SMILES string of the molecule is CC(O)C(C)C1(C=O)CS(=O)(=O)C1. The topological polar surface area (TPSA) is 71.4 Å². The Balaban J connectivity index is 2.82. The van der Waals surface area contributed by atoms with Crippen LogP contribution in [0.25, 0.3) is 0 Å². The molecule has 1 heterocycles. The van der Waals surface area contributed by atoms with Crippen molar-refractivity contribution in [3.05, 3.63) is 0 Å². The average Bonchev–Trinajstić information content (AvgIpc) is 1.97. The first-order valence-electron chi connectivity index (χ1n) is 4.18. The molecule has 0 radical (unpaired) electrons. The third-order valence-corrected chi connectivity index (χ3v) is 4.80. The van der Waals surface area contributed by atoms with Gasteiger partial charge in [0.1, 0.15) is 6.29 Å². The molecule has 0 saturated carbocycles. The van der Waals surface area contributed by atoms with E-state index in [1.807, 2.05) is 0 Å². The van der Waals surface area contributed by atoms with Crippen LogP contribution < -0.4 is 0 Å². The summed E-state index contributed by atoms with van der Waals surface area (Å²) in [5, 5.41) is 9.27. The second kappa shape index (κ2) is 3.06. The van der Waals surface area contributed by atoms with E-state index in [0.717, 1.165) is 0 Å². The second-order valence-corrected chi connectivity index (χ2v) is 5.98. The van der Waals surface area contributed by atoms with Crippen LogP contribution in [0, 0.1) is 11.3 Å². The van der Waals surface area contributed by atoms with Crippen molar-refractivity contribution < 1.29 is 18.3 Å². The first-order chi connectivity index (χ1) is 5.83. The molecule has 5 heteroatoms. The number of aliphatic hydroxyl groups excluding tert-OH is 1. The number of aldehydes is 1. The van der Waals surface area contributed by atoms with Crippen molar-refractivity contribution >= 4 is 16.1 Å². The lowest BCUT2D eigenvalue weighted by Crippen LogP contribution is -2.56. The third kappa shape index (κ3) is 1.76. The van der Waals surface area contributed by atoms with Crippen molar-refractivity contribution in [1.29, 1.82) is 0 Å². The number of hydrogen-bond acceptors (Lipinski definition) is 4. The number of carbonyl (C=O) groups excluding carboxylic acids is 1. The van der Waals surface area contributed by atoms with Crippen molar-refractivity contribution in [2.75, 3.05) is 11.5 Å². The maximum atomic E-state index is 10.9. The van der Waals surface area contributed by atoms with Crippen molar-refractivity contribution in [1.82, 2.24) is 0 Å². The Morgan fingerprint density at radius 3 is 2.08 bits per heavy atom. The van der Waals surface area contributed by atoms with Crippen LogP contribution in [0.4, 0.5) is 0 Å². The Hall–Kier alpha value is -0.420. The quantitative estimate of drug-likeness (QED) is 0.639. The molecule has 4 nitrogen and oxygen atoms in total. The lowest BCUT2D eigenvalue weighted by Gasteiger charge is -2.42. The molecule has 13 heavy (non-hydrogen) atoms. The van der Waals surface area contributed by atoms with Gasteiger partial charge in [0.15, 0.2) is 9.84 Å². The van der Waals surface area contributed by atoms with Crippen LogP contribution in [-0.2, 0) is 14.6 Å². The van der Waals surface area contributed by atoms with Gasteiger partial charge in [0.25, 0.3) is 0 Å². The Morgan fingerprint density at radius 1 is 1.38 bits per heavy atom. The molecule has 1 rings (SSSR count). The fourth-order valence-electron chi connectivity index (χ4n) is 1.70. The highest BCUT2D eigenvalue weighted by Crippen LogP contribution is 2.39. The van der Waals surface area contributed by atoms with Crippen LogP contribution in [0.15, 0.2) is 0 Å². The van der Waals surface area contributed by atoms with E-state index in [4.69, 9.17) is 0 Å². The summed E-state index contributed by atoms with van der Waals surface area (Å²) >= 11 is 0. The molecule has 0 aromatic rings. The smallest absolute Gasteiger partial charge is 0.152 e. The molecule has 76 valence electrons. The van der Waals surface area contributed by atoms with Crippen LogP contribution in [0.5, 0.6) is 0 Å². The van der Waals surface area contributed by atoms with Gasteiger partial charge < -0.3 is 9.90 Å². The lowest BCUT2D eigenvalue weighted by molar-refractivity contribution is -0.119. The predicted octanol–water partition coefficient (Wildman–Crippen LogP) is -0.383. The molecule has 0 aromatic carbocycles. The van der Waals surface area contributed by atoms with Crippen molar-refractivity contribution in [3.63, 3.8) is 0 Å². The van der Waals surface area contributed by atoms with Crippen LogP contribution in [0.3, 0.4) is 0 Å². The van der Waals surface area contributed by atoms with Gasteiger partial charge in [0, 0.05) is 0 Å². The molecule has 0 spiro atoms. The molecule has 0 aromatic heterocycles. The molecule has 1 saturated heterocycles. The van der Waals surface area contributed by atoms with E-state index in [2.05, 4.69) is 0 Å². The van der Waals surface area contributed by atoms with Crippen molar-refractivity contribution in [2.45, 2.75) is 20.0 Å². The zero-order valence-electron chi connectivity index (χ0n) is 7.73. The highest BCUT2D eigenvalue weighted by Gasteiger charge is 2.53. The summed E-state index contributed by atoms with van der Waals surface area (Å²) in [4.78, 5) is 10.8. The summed E-state index contributed by atoms with van der Waals surface area (Å²) in [7, 11) is -3.02. The van der Waals surface area contributed by atoms with Gasteiger partial charge in [-0.3, -0.25) is 0 Å². The largest absolute Gasteiger partial charge is 0.393 e. The zero-order chi connectivity index (χ0) is 10.3. The van der Waals surface area contributed by atoms with E-state index in [1.54, 1.807) is 13.8 Å². The molecule has 1 aliphatic rings. The number of rotatable bonds is 3. The molecule has 1 fully saturated rings. The molecule has 2 unspecified atom stereocenters. The van der Waals surface area contributed by atoms with Gasteiger partial charge in [-0.25, -0.2) is 8.42 Å². The van der Waals surface area contributed by atoms with Crippen LogP contribution >= 0.6 is 0 Å². The first-order valence-corrected chi connectivity index (χ1v) is 6.00. The molecule has 0 bridgehead atoms. The monoisotopic (exact) mass is 206 g/mol. The average molecular weight is 206 g/mol. The van der Waals surface area contributed by atoms with Crippen LogP contribution in [0.1, 0.15) is 13.8 Å². The summed E-state index contributed by atoms with van der Waals surface area (Å²) in [6.07, 6.45) is 0.0199. The first kappa shape index (κ1) is 10.7. The van der Waals surface area contributed by atoms with Gasteiger partial charge in [0.2, 0.25) is 0 Å². The highest BCUT2D eigenvalue weighted by molar-refractivity contribution is 7.93. The van der Waals surface area contributed by atoms with Gasteiger partial charge >= 0.3 is 0 Å². The number of carbonyl (C=O) groups is 1. The minimum absolute atomic E-state index is 0.116. The van der Waals surface area contributed by atoms with Gasteiger partial charge in [0.05, 0.1) is 23.0 Å². The number of hydrogen-bond donors (Lipinski definition) is 1. The minimum atomic E-state index is -3.02. The van der Waals surface area contributed by atoms with E-state index < -0.39 is 21.4 Å². The Bertz CT molecular complexity index is 292. The maximum Gasteiger partial charge on any atom is 0.152 e. The molecule has 0 aliphatic carbocycles. The number of aliphatic hydroxyl groups is 1. The lowest BCUT2D eigenvalue weighted by atomic mass is 9.77. The second-order valence-electron chi connectivity index (χ2n) is 3.91. The van der Waals surface area contributed by atoms with Gasteiger partial charge in [-0.05, 0) is 12.8 Å². The highest BCUT2D eigenvalue weighted by atomic mass is 32.2. The van der Waals surface area contributed by atoms with E-state index >= 15 is 0 Å². The molecule has 2 atom stereocenters. The van der Waals surface area contributed by atoms with Gasteiger partial charge in [-0.15, -0.1) is 0 Å². The minimum Gasteiger partial charge on any atom is -0.393 e. The maximum absolute atomic E-state index is 10.9. The summed E-state index contributed by atoms with van der Waals surface area (Å²) in [5.74, 6) is -0.529. The van der Waals surface area contributed by atoms with Crippen LogP contribution in [0.2, 0.25) is 0 Å². The Kier molecular flexibility index (Phi) is 2.51. The fraction of sp³-hybridized carbons (Fsp3) is 0.875. The van der Waals surface area contributed by atoms with Gasteiger partial charge in [-0.1, -0.05) is 6.92 Å². The van der Waals surface area contributed by atoms with Crippen LogP contribution in [-0.4, -0.2) is 37.4 Å². The summed E-state index contributed by atoms with van der Waals surface area (Å²) in [5.41, 5.74) is -0.840. The predicted molar refractivity (Wildman–Crippen MR) is 48.0 cm³/mol. The van der Waals surface area contributed by atoms with Crippen molar-refractivity contribution in [2.24, 2.45) is 11.3 Å². The molecular formula is C8H14O4S. The normalized spacial score (nSPS) is 28.5. The van der Waals surface area contributed by atoms with Gasteiger partial charge in [-0.2, -0.15) is 0 Å².